The van der Waals surface area contributed by atoms with Crippen molar-refractivity contribution < 1.29 is 9.59 Å². The first-order valence-electron chi connectivity index (χ1n) is 8.87. The summed E-state index contributed by atoms with van der Waals surface area (Å²) < 4.78 is 0. The van der Waals surface area contributed by atoms with E-state index >= 15 is 0 Å². The standard InChI is InChI=1S/C18H24N4O2S2/c1-5-14-10-15-16(19-12(3)20-17(15)26-14)25-11(2)18(24)22-8-6-21(7-9-22)13(4)23/h10-11H,5-9H2,1-4H3. The Labute approximate surface area is 162 Å². The number of aromatic nitrogens is 2. The summed E-state index contributed by atoms with van der Waals surface area (Å²) in [5, 5.41) is 1.71. The average Bonchev–Trinajstić information content (AvgIpc) is 3.04. The van der Waals surface area contributed by atoms with Crippen LogP contribution in [0.25, 0.3) is 10.2 Å². The predicted molar refractivity (Wildman–Crippen MR) is 106 cm³/mol. The van der Waals surface area contributed by atoms with Crippen LogP contribution in [0.5, 0.6) is 0 Å². The number of thiophene rings is 1. The third-order valence-corrected chi connectivity index (χ3v) is 6.80. The van der Waals surface area contributed by atoms with Crippen LogP contribution in [0.2, 0.25) is 0 Å². The Balaban J connectivity index is 1.72. The van der Waals surface area contributed by atoms with Crippen LogP contribution in [0.15, 0.2) is 11.1 Å². The van der Waals surface area contributed by atoms with Crippen molar-refractivity contribution in [3.05, 3.63) is 16.8 Å². The first-order valence-corrected chi connectivity index (χ1v) is 10.6. The first-order chi connectivity index (χ1) is 12.4. The molecule has 3 rings (SSSR count). The molecule has 0 aliphatic carbocycles. The Kier molecular flexibility index (Phi) is 5.82. The zero-order valence-electron chi connectivity index (χ0n) is 15.6. The summed E-state index contributed by atoms with van der Waals surface area (Å²) in [6, 6.07) is 2.14. The summed E-state index contributed by atoms with van der Waals surface area (Å²) in [6.45, 7) is 9.94. The Hall–Kier alpha value is -1.67. The van der Waals surface area contributed by atoms with E-state index < -0.39 is 0 Å². The van der Waals surface area contributed by atoms with Crippen LogP contribution in [0.3, 0.4) is 0 Å². The normalized spacial score (nSPS) is 16.2. The van der Waals surface area contributed by atoms with Crippen molar-refractivity contribution in [1.29, 1.82) is 0 Å². The van der Waals surface area contributed by atoms with Gasteiger partial charge in [0.2, 0.25) is 11.8 Å². The Bertz CT molecular complexity index is 828. The number of carbonyl (C=O) groups excluding carboxylic acids is 2. The second-order valence-electron chi connectivity index (χ2n) is 6.45. The number of hydrogen-bond acceptors (Lipinski definition) is 6. The maximum Gasteiger partial charge on any atom is 0.235 e. The lowest BCUT2D eigenvalue weighted by Crippen LogP contribution is -2.51. The van der Waals surface area contributed by atoms with Crippen LogP contribution in [-0.4, -0.2) is 63.0 Å². The van der Waals surface area contributed by atoms with Crippen LogP contribution in [-0.2, 0) is 16.0 Å². The number of hydrogen-bond donors (Lipinski definition) is 0. The van der Waals surface area contributed by atoms with Crippen LogP contribution in [0.4, 0.5) is 0 Å². The number of rotatable bonds is 4. The molecule has 2 aromatic rings. The quantitative estimate of drug-likeness (QED) is 0.591. The topological polar surface area (TPSA) is 66.4 Å². The SMILES string of the molecule is CCc1cc2c(SC(C)C(=O)N3CCN(C(C)=O)CC3)nc(C)nc2s1. The molecule has 0 saturated carbocycles. The number of nitrogens with zero attached hydrogens (tertiary/aromatic N) is 4. The van der Waals surface area contributed by atoms with Gasteiger partial charge in [0.15, 0.2) is 0 Å². The molecule has 1 aliphatic rings. The number of fused-ring (bicyclic) bond motifs is 1. The third-order valence-electron chi connectivity index (χ3n) is 4.54. The van der Waals surface area contributed by atoms with E-state index in [9.17, 15) is 9.59 Å². The van der Waals surface area contributed by atoms with E-state index in [1.807, 2.05) is 18.7 Å². The van der Waals surface area contributed by atoms with E-state index in [1.54, 1.807) is 23.2 Å². The van der Waals surface area contributed by atoms with Crippen molar-refractivity contribution in [3.63, 3.8) is 0 Å². The van der Waals surface area contributed by atoms with Crippen LogP contribution < -0.4 is 0 Å². The van der Waals surface area contributed by atoms with Gasteiger partial charge in [-0.3, -0.25) is 9.59 Å². The van der Waals surface area contributed by atoms with E-state index in [0.29, 0.717) is 26.2 Å². The summed E-state index contributed by atoms with van der Waals surface area (Å²) in [5.41, 5.74) is 0. The van der Waals surface area contributed by atoms with E-state index in [0.717, 1.165) is 27.5 Å². The first kappa shape index (κ1) is 19.1. The van der Waals surface area contributed by atoms with Crippen molar-refractivity contribution in [2.75, 3.05) is 26.2 Å². The average molecular weight is 393 g/mol. The van der Waals surface area contributed by atoms with E-state index in [2.05, 4.69) is 23.0 Å². The van der Waals surface area contributed by atoms with Gasteiger partial charge in [-0.1, -0.05) is 18.7 Å². The van der Waals surface area contributed by atoms with E-state index in [-0.39, 0.29) is 17.1 Å². The summed E-state index contributed by atoms with van der Waals surface area (Å²) in [6.07, 6.45) is 0.971. The van der Waals surface area contributed by atoms with Crippen molar-refractivity contribution in [2.24, 2.45) is 0 Å². The molecule has 1 atom stereocenters. The molecular weight excluding hydrogens is 368 g/mol. The zero-order valence-corrected chi connectivity index (χ0v) is 17.2. The van der Waals surface area contributed by atoms with Gasteiger partial charge in [0.1, 0.15) is 15.7 Å². The van der Waals surface area contributed by atoms with Crippen LogP contribution in [0.1, 0.15) is 31.5 Å². The second-order valence-corrected chi connectivity index (χ2v) is 8.90. The van der Waals surface area contributed by atoms with Gasteiger partial charge in [-0.15, -0.1) is 11.3 Å². The highest BCUT2D eigenvalue weighted by molar-refractivity contribution is 8.00. The predicted octanol–water partition coefficient (Wildman–Crippen LogP) is 2.73. The minimum absolute atomic E-state index is 0.0718. The minimum Gasteiger partial charge on any atom is -0.339 e. The monoisotopic (exact) mass is 392 g/mol. The minimum atomic E-state index is -0.221. The van der Waals surface area contributed by atoms with Gasteiger partial charge < -0.3 is 9.80 Å². The number of piperazine rings is 1. The van der Waals surface area contributed by atoms with Gasteiger partial charge >= 0.3 is 0 Å². The highest BCUT2D eigenvalue weighted by atomic mass is 32.2. The molecule has 6 nitrogen and oxygen atoms in total. The van der Waals surface area contributed by atoms with Crippen LogP contribution >= 0.6 is 23.1 Å². The number of amides is 2. The molecule has 1 saturated heterocycles. The molecule has 1 unspecified atom stereocenters. The van der Waals surface area contributed by atoms with Crippen LogP contribution in [0, 0.1) is 6.92 Å². The maximum atomic E-state index is 12.8. The zero-order chi connectivity index (χ0) is 18.8. The lowest BCUT2D eigenvalue weighted by Gasteiger charge is -2.35. The van der Waals surface area contributed by atoms with Gasteiger partial charge in [-0.25, -0.2) is 9.97 Å². The number of aryl methyl sites for hydroxylation is 2. The molecule has 2 amide bonds. The molecule has 0 N–H and O–H groups in total. The van der Waals surface area contributed by atoms with Crippen molar-refractivity contribution in [2.45, 2.75) is 44.4 Å². The number of carbonyl (C=O) groups is 2. The fourth-order valence-electron chi connectivity index (χ4n) is 3.03. The molecule has 1 fully saturated rings. The van der Waals surface area contributed by atoms with Gasteiger partial charge in [-0.2, -0.15) is 0 Å². The lowest BCUT2D eigenvalue weighted by atomic mass is 10.3. The third kappa shape index (κ3) is 4.01. The molecule has 1 aliphatic heterocycles. The molecule has 0 radical (unpaired) electrons. The summed E-state index contributed by atoms with van der Waals surface area (Å²) >= 11 is 3.20. The summed E-state index contributed by atoms with van der Waals surface area (Å²) in [7, 11) is 0. The van der Waals surface area contributed by atoms with E-state index in [1.165, 1.54) is 16.6 Å². The molecule has 8 heteroatoms. The van der Waals surface area contributed by atoms with Gasteiger partial charge in [0.05, 0.1) is 5.25 Å². The molecule has 140 valence electrons. The molecule has 3 heterocycles. The molecule has 2 aromatic heterocycles. The second kappa shape index (κ2) is 7.92. The Morgan fingerprint density at radius 2 is 1.88 bits per heavy atom. The largest absolute Gasteiger partial charge is 0.339 e. The highest BCUT2D eigenvalue weighted by Crippen LogP contribution is 2.34. The molecule has 0 aromatic carbocycles. The van der Waals surface area contributed by atoms with Gasteiger partial charge in [0, 0.05) is 43.4 Å². The fourth-order valence-corrected chi connectivity index (χ4v) is 5.16. The van der Waals surface area contributed by atoms with Gasteiger partial charge in [0.25, 0.3) is 0 Å². The number of thioether (sulfide) groups is 1. The maximum absolute atomic E-state index is 12.8. The van der Waals surface area contributed by atoms with Gasteiger partial charge in [-0.05, 0) is 26.3 Å². The van der Waals surface area contributed by atoms with Crippen molar-refractivity contribution >= 4 is 45.1 Å². The van der Waals surface area contributed by atoms with Crippen molar-refractivity contribution in [1.82, 2.24) is 19.8 Å². The highest BCUT2D eigenvalue weighted by Gasteiger charge is 2.27. The Morgan fingerprint density at radius 1 is 1.23 bits per heavy atom. The van der Waals surface area contributed by atoms with Crippen molar-refractivity contribution in [3.8, 4) is 0 Å². The molecule has 0 bridgehead atoms. The Morgan fingerprint density at radius 3 is 2.50 bits per heavy atom. The summed E-state index contributed by atoms with van der Waals surface area (Å²) in [5.74, 6) is 0.912. The fraction of sp³-hybridized carbons (Fsp3) is 0.556. The summed E-state index contributed by atoms with van der Waals surface area (Å²) in [4.78, 5) is 39.3. The van der Waals surface area contributed by atoms with E-state index in [4.69, 9.17) is 0 Å². The molecule has 26 heavy (non-hydrogen) atoms. The molecule has 0 spiro atoms. The smallest absolute Gasteiger partial charge is 0.235 e. The lowest BCUT2D eigenvalue weighted by molar-refractivity contribution is -0.137. The molecular formula is C18H24N4O2S2.